The maximum absolute atomic E-state index is 9.45. The summed E-state index contributed by atoms with van der Waals surface area (Å²) >= 11 is 0. The first kappa shape index (κ1) is 28.9. The molecule has 0 saturated carbocycles. The third-order valence-electron chi connectivity index (χ3n) is 5.82. The Bertz CT molecular complexity index is 716. The largest absolute Gasteiger partial charge is 0.508 e. The minimum Gasteiger partial charge on any atom is -0.508 e. The Morgan fingerprint density at radius 1 is 0.636 bits per heavy atom. The molecular formula is C30H48O3. The molecule has 3 nitrogen and oxygen atoms in total. The number of aromatic hydroxyl groups is 2. The fraction of sp³-hybridized carbons (Fsp3) is 0.600. The number of phenolic OH excluding ortho intramolecular Hbond substituents is 2. The van der Waals surface area contributed by atoms with Gasteiger partial charge in [-0.1, -0.05) is 117 Å². The van der Waals surface area contributed by atoms with Crippen LogP contribution in [0.15, 0.2) is 48.5 Å². The van der Waals surface area contributed by atoms with Crippen LogP contribution < -0.4 is 4.74 Å². The Labute approximate surface area is 203 Å². The highest BCUT2D eigenvalue weighted by molar-refractivity contribution is 5.36. The Hall–Kier alpha value is -2.16. The summed E-state index contributed by atoms with van der Waals surface area (Å²) < 4.78 is 5.64. The monoisotopic (exact) mass is 456 g/mol. The molecule has 0 aliphatic heterocycles. The van der Waals surface area contributed by atoms with Crippen LogP contribution in [0.4, 0.5) is 0 Å². The second-order valence-corrected chi connectivity index (χ2v) is 10.00. The average molecular weight is 457 g/mol. The molecule has 0 bridgehead atoms. The summed E-state index contributed by atoms with van der Waals surface area (Å²) in [7, 11) is 0. The quantitative estimate of drug-likeness (QED) is 0.279. The highest BCUT2D eigenvalue weighted by atomic mass is 16.5. The van der Waals surface area contributed by atoms with Gasteiger partial charge in [-0.25, -0.2) is 0 Å². The van der Waals surface area contributed by atoms with Crippen LogP contribution in [0.25, 0.3) is 0 Å². The van der Waals surface area contributed by atoms with Crippen LogP contribution in [0, 0.1) is 0 Å². The van der Waals surface area contributed by atoms with Crippen molar-refractivity contribution in [2.24, 2.45) is 0 Å². The first-order chi connectivity index (χ1) is 15.8. The van der Waals surface area contributed by atoms with Gasteiger partial charge in [0.05, 0.1) is 6.61 Å². The first-order valence-corrected chi connectivity index (χ1v) is 13.0. The molecule has 0 heterocycles. The van der Waals surface area contributed by atoms with E-state index in [1.165, 1.54) is 70.6 Å². The molecule has 0 fully saturated rings. The molecule has 2 rings (SSSR count). The highest BCUT2D eigenvalue weighted by Crippen LogP contribution is 2.29. The number of unbranched alkanes of at least 4 members (excludes halogenated alkanes) is 11. The number of ether oxygens (including phenoxy) is 1. The summed E-state index contributed by atoms with van der Waals surface area (Å²) in [4.78, 5) is 0. The molecule has 2 aromatic rings. The van der Waals surface area contributed by atoms with Gasteiger partial charge in [-0.3, -0.25) is 0 Å². The normalized spacial score (nSPS) is 11.0. The van der Waals surface area contributed by atoms with Crippen molar-refractivity contribution < 1.29 is 14.9 Å². The van der Waals surface area contributed by atoms with Crippen LogP contribution in [0.5, 0.6) is 17.2 Å². The summed E-state index contributed by atoms with van der Waals surface area (Å²) in [6, 6.07) is 14.4. The molecule has 0 aromatic heterocycles. The third kappa shape index (κ3) is 14.6. The molecule has 2 N–H and O–H groups in total. The molecule has 0 amide bonds. The van der Waals surface area contributed by atoms with E-state index in [4.69, 9.17) is 4.74 Å². The smallest absolute Gasteiger partial charge is 0.119 e. The standard InChI is InChI=1S/C20H34O2.C10H14O/c1-2-3-4-5-6-7-8-9-10-11-12-13-18-22-20-16-14-19(21)15-17-20;1-10(2,3)8-6-4-5-7-9(8)11/h14-17,21H,2-13,18H2,1H3;4-7,11H,1-3H3. The lowest BCUT2D eigenvalue weighted by Gasteiger charge is -2.19. The molecule has 186 valence electrons. The fourth-order valence-electron chi connectivity index (χ4n) is 3.78. The Balaban J connectivity index is 0.000000412. The fourth-order valence-corrected chi connectivity index (χ4v) is 3.78. The van der Waals surface area contributed by atoms with Gasteiger partial charge in [-0.05, 0) is 47.7 Å². The van der Waals surface area contributed by atoms with Crippen LogP contribution in [-0.4, -0.2) is 16.8 Å². The lowest BCUT2D eigenvalue weighted by Crippen LogP contribution is -2.10. The van der Waals surface area contributed by atoms with Gasteiger partial charge in [0.15, 0.2) is 0 Å². The van der Waals surface area contributed by atoms with Crippen LogP contribution >= 0.6 is 0 Å². The Kier molecular flexibility index (Phi) is 15.2. The summed E-state index contributed by atoms with van der Waals surface area (Å²) in [5, 5.41) is 18.6. The molecule has 0 spiro atoms. The minimum absolute atomic E-state index is 0.0331. The maximum Gasteiger partial charge on any atom is 0.119 e. The SMILES string of the molecule is CC(C)(C)c1ccccc1O.CCCCCCCCCCCCCCOc1ccc(O)cc1. The average Bonchev–Trinajstić information content (AvgIpc) is 2.78. The third-order valence-corrected chi connectivity index (χ3v) is 5.82. The molecule has 0 saturated heterocycles. The second kappa shape index (κ2) is 17.3. The molecule has 0 radical (unpaired) electrons. The van der Waals surface area contributed by atoms with Gasteiger partial charge in [-0.2, -0.15) is 0 Å². The van der Waals surface area contributed by atoms with Crippen molar-refractivity contribution in [1.29, 1.82) is 0 Å². The van der Waals surface area contributed by atoms with Crippen LogP contribution in [0.2, 0.25) is 0 Å². The molecule has 3 heteroatoms. The van der Waals surface area contributed by atoms with Gasteiger partial charge in [0.1, 0.15) is 17.2 Å². The summed E-state index contributed by atoms with van der Waals surface area (Å²) in [5.41, 5.74) is 1.03. The van der Waals surface area contributed by atoms with E-state index in [0.29, 0.717) is 5.75 Å². The molecular weight excluding hydrogens is 408 g/mol. The Morgan fingerprint density at radius 2 is 1.12 bits per heavy atom. The Morgan fingerprint density at radius 3 is 1.58 bits per heavy atom. The van der Waals surface area contributed by atoms with E-state index in [2.05, 4.69) is 27.7 Å². The van der Waals surface area contributed by atoms with Crippen molar-refractivity contribution >= 4 is 0 Å². The van der Waals surface area contributed by atoms with Gasteiger partial charge in [0.25, 0.3) is 0 Å². The number of benzene rings is 2. The number of rotatable bonds is 14. The van der Waals surface area contributed by atoms with Gasteiger partial charge in [0.2, 0.25) is 0 Å². The van der Waals surface area contributed by atoms with Crippen LogP contribution in [-0.2, 0) is 5.41 Å². The number of phenols is 2. The predicted molar refractivity (Wildman–Crippen MR) is 141 cm³/mol. The molecule has 0 aliphatic carbocycles. The molecule has 0 atom stereocenters. The number of hydrogen-bond donors (Lipinski definition) is 2. The van der Waals surface area contributed by atoms with Gasteiger partial charge in [-0.15, -0.1) is 0 Å². The van der Waals surface area contributed by atoms with E-state index in [1.54, 1.807) is 18.2 Å². The van der Waals surface area contributed by atoms with Crippen molar-refractivity contribution in [2.75, 3.05) is 6.61 Å². The lowest BCUT2D eigenvalue weighted by molar-refractivity contribution is 0.303. The van der Waals surface area contributed by atoms with Crippen molar-refractivity contribution in [3.8, 4) is 17.2 Å². The number of hydrogen-bond acceptors (Lipinski definition) is 3. The summed E-state index contributed by atoms with van der Waals surface area (Å²) in [5.74, 6) is 1.53. The summed E-state index contributed by atoms with van der Waals surface area (Å²) in [6.07, 6.45) is 16.4. The van der Waals surface area contributed by atoms with E-state index in [9.17, 15) is 10.2 Å². The predicted octanol–water partition coefficient (Wildman–Crippen LogP) is 9.16. The van der Waals surface area contributed by atoms with Crippen molar-refractivity contribution in [3.05, 3.63) is 54.1 Å². The highest BCUT2D eigenvalue weighted by Gasteiger charge is 2.16. The topological polar surface area (TPSA) is 49.7 Å². The zero-order valence-electron chi connectivity index (χ0n) is 21.6. The van der Waals surface area contributed by atoms with Crippen molar-refractivity contribution in [3.63, 3.8) is 0 Å². The minimum atomic E-state index is 0.0331. The zero-order chi connectivity index (χ0) is 24.4. The molecule has 0 unspecified atom stereocenters. The van der Waals surface area contributed by atoms with Crippen molar-refractivity contribution in [2.45, 2.75) is 110 Å². The van der Waals surface area contributed by atoms with E-state index in [0.717, 1.165) is 24.3 Å². The number of para-hydroxylation sites is 1. The molecule has 0 aliphatic rings. The van der Waals surface area contributed by atoms with E-state index >= 15 is 0 Å². The van der Waals surface area contributed by atoms with E-state index in [1.807, 2.05) is 30.3 Å². The van der Waals surface area contributed by atoms with Gasteiger partial charge < -0.3 is 14.9 Å². The maximum atomic E-state index is 9.45. The van der Waals surface area contributed by atoms with Gasteiger partial charge in [0, 0.05) is 0 Å². The van der Waals surface area contributed by atoms with Crippen molar-refractivity contribution in [1.82, 2.24) is 0 Å². The molecule has 33 heavy (non-hydrogen) atoms. The second-order valence-electron chi connectivity index (χ2n) is 10.00. The van der Waals surface area contributed by atoms with E-state index < -0.39 is 0 Å². The van der Waals surface area contributed by atoms with Crippen LogP contribution in [0.3, 0.4) is 0 Å². The zero-order valence-corrected chi connectivity index (χ0v) is 21.6. The van der Waals surface area contributed by atoms with E-state index in [-0.39, 0.29) is 11.2 Å². The molecule has 2 aromatic carbocycles. The van der Waals surface area contributed by atoms with Crippen LogP contribution in [0.1, 0.15) is 110 Å². The first-order valence-electron chi connectivity index (χ1n) is 13.0. The van der Waals surface area contributed by atoms with Gasteiger partial charge >= 0.3 is 0 Å². The lowest BCUT2D eigenvalue weighted by atomic mass is 9.86. The summed E-state index contributed by atoms with van der Waals surface area (Å²) in [6.45, 7) is 9.31.